The number of thioether (sulfide) groups is 1. The Hall–Kier alpha value is -1.79. The SMILES string of the molecule is Cc1[nH]c(SCC(=O)N2CC[C@@H](O)C2)nc1Cc1ccccc1. The van der Waals surface area contributed by atoms with Crippen LogP contribution in [0.5, 0.6) is 0 Å². The first kappa shape index (κ1) is 16.1. The Balaban J connectivity index is 1.57. The fraction of sp³-hybridized carbons (Fsp3) is 0.412. The molecule has 122 valence electrons. The lowest BCUT2D eigenvalue weighted by Gasteiger charge is -2.14. The number of hydrogen-bond donors (Lipinski definition) is 2. The number of hydrogen-bond acceptors (Lipinski definition) is 4. The maximum atomic E-state index is 12.1. The van der Waals surface area contributed by atoms with Crippen molar-refractivity contribution in [3.05, 3.63) is 47.3 Å². The van der Waals surface area contributed by atoms with Crippen molar-refractivity contribution in [1.82, 2.24) is 14.9 Å². The fourth-order valence-corrected chi connectivity index (χ4v) is 3.53. The van der Waals surface area contributed by atoms with E-state index < -0.39 is 0 Å². The molecule has 0 unspecified atom stereocenters. The number of carbonyl (C=O) groups is 1. The van der Waals surface area contributed by atoms with Crippen LogP contribution in [0.2, 0.25) is 0 Å². The molecule has 1 atom stereocenters. The number of benzene rings is 1. The first-order chi connectivity index (χ1) is 11.1. The Bertz CT molecular complexity index is 672. The minimum atomic E-state index is -0.368. The Labute approximate surface area is 140 Å². The van der Waals surface area contributed by atoms with E-state index in [0.29, 0.717) is 25.3 Å². The van der Waals surface area contributed by atoms with E-state index in [0.717, 1.165) is 23.0 Å². The predicted molar refractivity (Wildman–Crippen MR) is 90.5 cm³/mol. The molecule has 6 heteroatoms. The minimum absolute atomic E-state index is 0.0604. The number of aliphatic hydroxyl groups excluding tert-OH is 1. The highest BCUT2D eigenvalue weighted by molar-refractivity contribution is 7.99. The van der Waals surface area contributed by atoms with Crippen LogP contribution in [0.15, 0.2) is 35.5 Å². The van der Waals surface area contributed by atoms with E-state index in [1.807, 2.05) is 25.1 Å². The molecule has 3 rings (SSSR count). The molecule has 0 bridgehead atoms. The zero-order chi connectivity index (χ0) is 16.2. The number of nitrogens with one attached hydrogen (secondary N) is 1. The number of aromatic amines is 1. The lowest BCUT2D eigenvalue weighted by Crippen LogP contribution is -2.30. The van der Waals surface area contributed by atoms with Gasteiger partial charge in [0.05, 0.1) is 17.6 Å². The lowest BCUT2D eigenvalue weighted by molar-refractivity contribution is -0.127. The molecule has 1 saturated heterocycles. The zero-order valence-corrected chi connectivity index (χ0v) is 14.0. The van der Waals surface area contributed by atoms with E-state index in [1.54, 1.807) is 4.90 Å². The van der Waals surface area contributed by atoms with Gasteiger partial charge in [-0.05, 0) is 18.9 Å². The van der Waals surface area contributed by atoms with Crippen molar-refractivity contribution in [3.63, 3.8) is 0 Å². The molecule has 0 aliphatic carbocycles. The third kappa shape index (κ3) is 4.14. The topological polar surface area (TPSA) is 69.2 Å². The number of H-pyrrole nitrogens is 1. The van der Waals surface area contributed by atoms with Crippen molar-refractivity contribution >= 4 is 17.7 Å². The third-order valence-electron chi connectivity index (χ3n) is 4.03. The van der Waals surface area contributed by atoms with Crippen LogP contribution in [0.3, 0.4) is 0 Å². The summed E-state index contributed by atoms with van der Waals surface area (Å²) in [4.78, 5) is 21.7. The van der Waals surface area contributed by atoms with E-state index in [2.05, 4.69) is 22.1 Å². The molecule has 1 aliphatic rings. The molecule has 0 saturated carbocycles. The highest BCUT2D eigenvalue weighted by atomic mass is 32.2. The third-order valence-corrected chi connectivity index (χ3v) is 4.88. The zero-order valence-electron chi connectivity index (χ0n) is 13.2. The normalized spacial score (nSPS) is 17.7. The van der Waals surface area contributed by atoms with Crippen molar-refractivity contribution in [2.24, 2.45) is 0 Å². The monoisotopic (exact) mass is 331 g/mol. The highest BCUT2D eigenvalue weighted by Crippen LogP contribution is 2.20. The Morgan fingerprint density at radius 1 is 1.43 bits per heavy atom. The van der Waals surface area contributed by atoms with Gasteiger partial charge in [-0.25, -0.2) is 4.98 Å². The first-order valence-electron chi connectivity index (χ1n) is 7.80. The van der Waals surface area contributed by atoms with Crippen molar-refractivity contribution in [2.45, 2.75) is 31.0 Å². The van der Waals surface area contributed by atoms with Gasteiger partial charge in [-0.2, -0.15) is 0 Å². The number of nitrogens with zero attached hydrogens (tertiary/aromatic N) is 2. The molecule has 1 amide bonds. The van der Waals surface area contributed by atoms with Gasteiger partial charge in [0, 0.05) is 25.2 Å². The molecule has 0 radical (unpaired) electrons. The van der Waals surface area contributed by atoms with E-state index in [1.165, 1.54) is 17.3 Å². The van der Waals surface area contributed by atoms with Crippen LogP contribution >= 0.6 is 11.8 Å². The number of aromatic nitrogens is 2. The number of carbonyl (C=O) groups excluding carboxylic acids is 1. The highest BCUT2D eigenvalue weighted by Gasteiger charge is 2.24. The molecule has 1 aromatic carbocycles. The van der Waals surface area contributed by atoms with Crippen LogP contribution in [0.25, 0.3) is 0 Å². The van der Waals surface area contributed by atoms with Gasteiger partial charge in [0.25, 0.3) is 0 Å². The van der Waals surface area contributed by atoms with Gasteiger partial charge in [-0.15, -0.1) is 0 Å². The van der Waals surface area contributed by atoms with Crippen LogP contribution in [0.4, 0.5) is 0 Å². The summed E-state index contributed by atoms with van der Waals surface area (Å²) < 4.78 is 0. The molecule has 2 heterocycles. The van der Waals surface area contributed by atoms with Crippen molar-refractivity contribution in [2.75, 3.05) is 18.8 Å². The molecular weight excluding hydrogens is 310 g/mol. The summed E-state index contributed by atoms with van der Waals surface area (Å²) in [5.41, 5.74) is 3.28. The molecule has 23 heavy (non-hydrogen) atoms. The van der Waals surface area contributed by atoms with Gasteiger partial charge < -0.3 is 15.0 Å². The number of amides is 1. The fourth-order valence-electron chi connectivity index (χ4n) is 2.69. The number of imidazole rings is 1. The average Bonchev–Trinajstić information content (AvgIpc) is 3.13. The summed E-state index contributed by atoms with van der Waals surface area (Å²) in [6.07, 6.45) is 1.10. The number of likely N-dealkylation sites (tertiary alicyclic amines) is 1. The van der Waals surface area contributed by atoms with Crippen molar-refractivity contribution in [3.8, 4) is 0 Å². The van der Waals surface area contributed by atoms with E-state index in [4.69, 9.17) is 0 Å². The van der Waals surface area contributed by atoms with Crippen LogP contribution in [-0.4, -0.2) is 50.8 Å². The van der Waals surface area contributed by atoms with E-state index in [9.17, 15) is 9.90 Å². The van der Waals surface area contributed by atoms with Gasteiger partial charge in [0.1, 0.15) is 0 Å². The summed E-state index contributed by atoms with van der Waals surface area (Å²) in [5.74, 6) is 0.412. The largest absolute Gasteiger partial charge is 0.391 e. The molecule has 1 aliphatic heterocycles. The Morgan fingerprint density at radius 3 is 2.91 bits per heavy atom. The van der Waals surface area contributed by atoms with Gasteiger partial charge >= 0.3 is 0 Å². The van der Waals surface area contributed by atoms with Crippen molar-refractivity contribution in [1.29, 1.82) is 0 Å². The van der Waals surface area contributed by atoms with Gasteiger partial charge in [0.2, 0.25) is 5.91 Å². The molecule has 1 aromatic heterocycles. The summed E-state index contributed by atoms with van der Waals surface area (Å²) in [6, 6.07) is 10.2. The van der Waals surface area contributed by atoms with Gasteiger partial charge in [-0.1, -0.05) is 42.1 Å². The van der Waals surface area contributed by atoms with Gasteiger partial charge in [0.15, 0.2) is 5.16 Å². The van der Waals surface area contributed by atoms with Crippen LogP contribution in [-0.2, 0) is 11.2 Å². The van der Waals surface area contributed by atoms with E-state index in [-0.39, 0.29) is 12.0 Å². The molecule has 0 spiro atoms. The Kier molecular flexibility index (Phi) is 5.03. The molecule has 2 aromatic rings. The number of rotatable bonds is 5. The van der Waals surface area contributed by atoms with Crippen LogP contribution in [0, 0.1) is 6.92 Å². The Morgan fingerprint density at radius 2 is 2.22 bits per heavy atom. The lowest BCUT2D eigenvalue weighted by atomic mass is 10.1. The first-order valence-corrected chi connectivity index (χ1v) is 8.78. The number of aryl methyl sites for hydroxylation is 1. The number of aliphatic hydroxyl groups is 1. The second-order valence-electron chi connectivity index (χ2n) is 5.85. The molecular formula is C17H21N3O2S. The standard InChI is InChI=1S/C17H21N3O2S/c1-12-15(9-13-5-3-2-4-6-13)19-17(18-12)23-11-16(22)20-8-7-14(21)10-20/h2-6,14,21H,7-11H2,1H3,(H,18,19)/t14-/m1/s1. The molecule has 1 fully saturated rings. The number of β-amino-alcohol motifs (C(OH)–C–C–N with tert-alkyl or cyclic N) is 1. The predicted octanol–water partition coefficient (Wildman–Crippen LogP) is 1.99. The maximum absolute atomic E-state index is 12.1. The summed E-state index contributed by atoms with van der Waals surface area (Å²) in [5, 5.41) is 10.3. The van der Waals surface area contributed by atoms with Crippen LogP contribution < -0.4 is 0 Å². The maximum Gasteiger partial charge on any atom is 0.233 e. The second kappa shape index (κ2) is 7.19. The second-order valence-corrected chi connectivity index (χ2v) is 6.81. The molecule has 5 nitrogen and oxygen atoms in total. The van der Waals surface area contributed by atoms with Crippen molar-refractivity contribution < 1.29 is 9.90 Å². The average molecular weight is 331 g/mol. The smallest absolute Gasteiger partial charge is 0.233 e. The summed E-state index contributed by atoms with van der Waals surface area (Å²) in [6.45, 7) is 3.11. The van der Waals surface area contributed by atoms with Crippen LogP contribution in [0.1, 0.15) is 23.4 Å². The van der Waals surface area contributed by atoms with Gasteiger partial charge in [-0.3, -0.25) is 4.79 Å². The summed E-state index contributed by atoms with van der Waals surface area (Å²) >= 11 is 1.42. The van der Waals surface area contributed by atoms with E-state index >= 15 is 0 Å². The summed E-state index contributed by atoms with van der Waals surface area (Å²) in [7, 11) is 0. The minimum Gasteiger partial charge on any atom is -0.391 e. The molecule has 2 N–H and O–H groups in total. The quantitative estimate of drug-likeness (QED) is 0.822.